The van der Waals surface area contributed by atoms with E-state index in [1.165, 1.54) is 11.3 Å². The van der Waals surface area contributed by atoms with Crippen LogP contribution in [-0.2, 0) is 4.79 Å². The number of nitrogens with one attached hydrogen (secondary N) is 1. The van der Waals surface area contributed by atoms with Gasteiger partial charge >= 0.3 is 0 Å². The Morgan fingerprint density at radius 2 is 2.10 bits per heavy atom. The zero-order valence-corrected chi connectivity index (χ0v) is 13.8. The number of carbonyl (C=O) groups excluding carboxylic acids is 2. The van der Waals surface area contributed by atoms with Crippen molar-refractivity contribution in [3.8, 4) is 0 Å². The number of primary amides is 1. The van der Waals surface area contributed by atoms with Gasteiger partial charge in [-0.05, 0) is 46.0 Å². The van der Waals surface area contributed by atoms with Crippen molar-refractivity contribution in [2.24, 2.45) is 11.7 Å². The summed E-state index contributed by atoms with van der Waals surface area (Å²) in [5, 5.41) is 3.00. The van der Waals surface area contributed by atoms with E-state index in [9.17, 15) is 9.59 Å². The number of nitrogens with zero attached hydrogens (tertiary/aromatic N) is 1. The highest BCUT2D eigenvalue weighted by Crippen LogP contribution is 2.31. The fourth-order valence-electron chi connectivity index (χ4n) is 2.44. The molecule has 21 heavy (non-hydrogen) atoms. The fourth-order valence-corrected chi connectivity index (χ4v) is 3.75. The van der Waals surface area contributed by atoms with Gasteiger partial charge in [0.05, 0.1) is 11.6 Å². The van der Waals surface area contributed by atoms with Crippen LogP contribution in [0.2, 0.25) is 4.34 Å². The highest BCUT2D eigenvalue weighted by atomic mass is 35.5. The molecule has 2 amide bonds. The molecule has 2 heterocycles. The van der Waals surface area contributed by atoms with E-state index < -0.39 is 5.91 Å². The molecule has 1 aromatic heterocycles. The topological polar surface area (TPSA) is 75.4 Å². The van der Waals surface area contributed by atoms with Crippen LogP contribution in [0.5, 0.6) is 0 Å². The van der Waals surface area contributed by atoms with E-state index in [-0.39, 0.29) is 17.9 Å². The van der Waals surface area contributed by atoms with Crippen molar-refractivity contribution >= 4 is 34.8 Å². The Morgan fingerprint density at radius 1 is 1.48 bits per heavy atom. The third-order valence-corrected chi connectivity index (χ3v) is 5.39. The highest BCUT2D eigenvalue weighted by molar-refractivity contribution is 7.16. The SMILES string of the molecule is CC(NC(=O)C1CCN(C)CC1)c1cc(C(N)=O)c(Cl)s1. The zero-order valence-electron chi connectivity index (χ0n) is 12.2. The van der Waals surface area contributed by atoms with Gasteiger partial charge in [-0.3, -0.25) is 9.59 Å². The zero-order chi connectivity index (χ0) is 15.6. The van der Waals surface area contributed by atoms with Crippen LogP contribution in [0.15, 0.2) is 6.07 Å². The van der Waals surface area contributed by atoms with Gasteiger partial charge in [-0.1, -0.05) is 11.6 Å². The molecule has 1 saturated heterocycles. The molecule has 0 aromatic carbocycles. The van der Waals surface area contributed by atoms with E-state index >= 15 is 0 Å². The Hall–Kier alpha value is -1.11. The molecule has 0 saturated carbocycles. The second kappa shape index (κ2) is 6.77. The molecule has 1 aromatic rings. The number of carbonyl (C=O) groups is 2. The Morgan fingerprint density at radius 3 is 2.62 bits per heavy atom. The lowest BCUT2D eigenvalue weighted by Gasteiger charge is -2.28. The number of thiophene rings is 1. The molecule has 1 aliphatic heterocycles. The van der Waals surface area contributed by atoms with E-state index in [4.69, 9.17) is 17.3 Å². The van der Waals surface area contributed by atoms with E-state index in [1.807, 2.05) is 6.92 Å². The maximum Gasteiger partial charge on any atom is 0.251 e. The molecule has 1 unspecified atom stereocenters. The van der Waals surface area contributed by atoms with Crippen LogP contribution < -0.4 is 11.1 Å². The predicted octanol–water partition coefficient (Wildman–Crippen LogP) is 2.02. The summed E-state index contributed by atoms with van der Waals surface area (Å²) in [5.41, 5.74) is 5.57. The highest BCUT2D eigenvalue weighted by Gasteiger charge is 2.25. The molecular formula is C14H20ClN3O2S. The van der Waals surface area contributed by atoms with Gasteiger partial charge in [0.2, 0.25) is 5.91 Å². The largest absolute Gasteiger partial charge is 0.366 e. The summed E-state index contributed by atoms with van der Waals surface area (Å²) in [6.45, 7) is 3.78. The minimum absolute atomic E-state index is 0.0645. The molecule has 3 N–H and O–H groups in total. The molecule has 7 heteroatoms. The third kappa shape index (κ3) is 3.96. The quantitative estimate of drug-likeness (QED) is 0.887. The molecule has 2 rings (SSSR count). The van der Waals surface area contributed by atoms with Gasteiger partial charge in [-0.2, -0.15) is 0 Å². The van der Waals surface area contributed by atoms with E-state index in [2.05, 4.69) is 17.3 Å². The number of rotatable bonds is 4. The number of piperidine rings is 1. The van der Waals surface area contributed by atoms with E-state index in [0.29, 0.717) is 9.90 Å². The minimum Gasteiger partial charge on any atom is -0.366 e. The van der Waals surface area contributed by atoms with Crippen LogP contribution in [0.25, 0.3) is 0 Å². The average Bonchev–Trinajstić information content (AvgIpc) is 2.81. The van der Waals surface area contributed by atoms with Gasteiger partial charge in [0, 0.05) is 10.8 Å². The number of amides is 2. The van der Waals surface area contributed by atoms with Crippen LogP contribution in [0, 0.1) is 5.92 Å². The lowest BCUT2D eigenvalue weighted by Crippen LogP contribution is -2.39. The normalized spacial score (nSPS) is 18.4. The molecule has 0 spiro atoms. The van der Waals surface area contributed by atoms with Gasteiger partial charge in [0.25, 0.3) is 5.91 Å². The first-order valence-electron chi connectivity index (χ1n) is 6.96. The summed E-state index contributed by atoms with van der Waals surface area (Å²) in [6.07, 6.45) is 1.76. The first-order chi connectivity index (χ1) is 9.88. The van der Waals surface area contributed by atoms with Crippen molar-refractivity contribution in [1.82, 2.24) is 10.2 Å². The van der Waals surface area contributed by atoms with Gasteiger partial charge in [-0.15, -0.1) is 11.3 Å². The summed E-state index contributed by atoms with van der Waals surface area (Å²) in [7, 11) is 2.07. The van der Waals surface area contributed by atoms with E-state index in [1.54, 1.807) is 6.07 Å². The van der Waals surface area contributed by atoms with Crippen LogP contribution in [0.1, 0.15) is 41.0 Å². The monoisotopic (exact) mass is 329 g/mol. The lowest BCUT2D eigenvalue weighted by atomic mass is 9.96. The standard InChI is InChI=1S/C14H20ClN3O2S/c1-8(11-7-10(13(16)19)12(15)21-11)17-14(20)9-3-5-18(2)6-4-9/h7-9H,3-6H2,1-2H3,(H2,16,19)(H,17,20). The molecule has 5 nitrogen and oxygen atoms in total. The predicted molar refractivity (Wildman–Crippen MR) is 84.6 cm³/mol. The minimum atomic E-state index is -0.545. The Balaban J connectivity index is 1.97. The van der Waals surface area contributed by atoms with Crippen molar-refractivity contribution in [3.05, 3.63) is 20.8 Å². The molecule has 1 aliphatic rings. The van der Waals surface area contributed by atoms with Gasteiger partial charge in [-0.25, -0.2) is 0 Å². The molecule has 116 valence electrons. The van der Waals surface area contributed by atoms with Gasteiger partial charge < -0.3 is 16.0 Å². The maximum absolute atomic E-state index is 12.3. The summed E-state index contributed by atoms with van der Waals surface area (Å²) < 4.78 is 0.373. The number of likely N-dealkylation sites (tertiary alicyclic amines) is 1. The smallest absolute Gasteiger partial charge is 0.251 e. The number of hydrogen-bond donors (Lipinski definition) is 2. The fraction of sp³-hybridized carbons (Fsp3) is 0.571. The molecule has 0 bridgehead atoms. The molecule has 1 atom stereocenters. The first kappa shape index (κ1) is 16.3. The summed E-state index contributed by atoms with van der Waals surface area (Å²) in [5.74, 6) is -0.410. The third-order valence-electron chi connectivity index (χ3n) is 3.85. The van der Waals surface area contributed by atoms with Crippen molar-refractivity contribution in [2.45, 2.75) is 25.8 Å². The second-order valence-corrected chi connectivity index (χ2v) is 7.19. The van der Waals surface area contributed by atoms with E-state index in [0.717, 1.165) is 30.8 Å². The second-order valence-electron chi connectivity index (χ2n) is 5.51. The van der Waals surface area contributed by atoms with Crippen LogP contribution in [0.4, 0.5) is 0 Å². The number of hydrogen-bond acceptors (Lipinski definition) is 4. The van der Waals surface area contributed by atoms with Crippen LogP contribution in [-0.4, -0.2) is 36.9 Å². The lowest BCUT2D eigenvalue weighted by molar-refractivity contribution is -0.127. The molecule has 1 fully saturated rings. The Bertz CT molecular complexity index is 538. The van der Waals surface area contributed by atoms with Crippen LogP contribution >= 0.6 is 22.9 Å². The Kier molecular flexibility index (Phi) is 5.24. The number of nitrogens with two attached hydrogens (primary N) is 1. The molecule has 0 aliphatic carbocycles. The van der Waals surface area contributed by atoms with Crippen molar-refractivity contribution < 1.29 is 9.59 Å². The maximum atomic E-state index is 12.3. The van der Waals surface area contributed by atoms with Crippen molar-refractivity contribution in [1.29, 1.82) is 0 Å². The van der Waals surface area contributed by atoms with Crippen LogP contribution in [0.3, 0.4) is 0 Å². The summed E-state index contributed by atoms with van der Waals surface area (Å²) in [6, 6.07) is 1.49. The Labute approximate surface area is 133 Å². The first-order valence-corrected chi connectivity index (χ1v) is 8.16. The van der Waals surface area contributed by atoms with Gasteiger partial charge in [0.15, 0.2) is 0 Å². The molecule has 0 radical (unpaired) electrons. The summed E-state index contributed by atoms with van der Waals surface area (Å²) >= 11 is 7.27. The van der Waals surface area contributed by atoms with Gasteiger partial charge in [0.1, 0.15) is 4.34 Å². The summed E-state index contributed by atoms with van der Waals surface area (Å²) in [4.78, 5) is 26.5. The number of halogens is 1. The average molecular weight is 330 g/mol. The molecular weight excluding hydrogens is 310 g/mol. The van der Waals surface area contributed by atoms with Crippen molar-refractivity contribution in [3.63, 3.8) is 0 Å². The van der Waals surface area contributed by atoms with Crippen molar-refractivity contribution in [2.75, 3.05) is 20.1 Å².